The van der Waals surface area contributed by atoms with Crippen LogP contribution in [-0.2, 0) is 11.2 Å². The van der Waals surface area contributed by atoms with Crippen LogP contribution in [0, 0.1) is 5.92 Å². The Hall–Kier alpha value is -1.66. The molecule has 1 aromatic carbocycles. The van der Waals surface area contributed by atoms with E-state index in [1.165, 1.54) is 5.56 Å². The van der Waals surface area contributed by atoms with Gasteiger partial charge in [0.15, 0.2) is 0 Å². The van der Waals surface area contributed by atoms with Crippen molar-refractivity contribution in [2.24, 2.45) is 5.92 Å². The van der Waals surface area contributed by atoms with Gasteiger partial charge in [-0.25, -0.2) is 8.78 Å². The highest BCUT2D eigenvalue weighted by atomic mass is 35.5. The molecule has 0 saturated carbocycles. The molecule has 0 spiro atoms. The van der Waals surface area contributed by atoms with Crippen molar-refractivity contribution >= 4 is 28.4 Å². The fourth-order valence-electron chi connectivity index (χ4n) is 4.55. The average Bonchev–Trinajstić information content (AvgIpc) is 3.14. The number of aromatic nitrogens is 1. The van der Waals surface area contributed by atoms with Gasteiger partial charge < -0.3 is 9.88 Å². The van der Waals surface area contributed by atoms with Crippen LogP contribution in [-0.4, -0.2) is 52.8 Å². The topological polar surface area (TPSA) is 39.3 Å². The second-order valence-corrected chi connectivity index (χ2v) is 8.94. The number of nitrogens with zero attached hydrogens (tertiary/aromatic N) is 2. The van der Waals surface area contributed by atoms with Gasteiger partial charge in [-0.1, -0.05) is 25.4 Å². The molecule has 0 radical (unpaired) electrons. The second kappa shape index (κ2) is 7.30. The zero-order chi connectivity index (χ0) is 20.1. The number of H-pyrrole nitrogens is 1. The summed E-state index contributed by atoms with van der Waals surface area (Å²) in [4.78, 5) is 20.0. The smallest absolute Gasteiger partial charge is 0.261 e. The summed E-state index contributed by atoms with van der Waals surface area (Å²) in [6.45, 7) is 4.89. The number of hydrogen-bond acceptors (Lipinski definition) is 2. The van der Waals surface area contributed by atoms with Crippen LogP contribution >= 0.6 is 11.6 Å². The molecule has 0 aliphatic carbocycles. The van der Waals surface area contributed by atoms with Crippen molar-refractivity contribution in [3.8, 4) is 0 Å². The molecule has 1 aromatic heterocycles. The lowest BCUT2D eigenvalue weighted by Gasteiger charge is -2.37. The number of aromatic amines is 1. The van der Waals surface area contributed by atoms with Gasteiger partial charge in [0, 0.05) is 41.1 Å². The molecule has 152 valence electrons. The van der Waals surface area contributed by atoms with E-state index in [9.17, 15) is 13.6 Å². The number of carbonyl (C=O) groups is 1. The zero-order valence-corrected chi connectivity index (χ0v) is 17.0. The third-order valence-electron chi connectivity index (χ3n) is 5.84. The lowest BCUT2D eigenvalue weighted by atomic mass is 9.91. The van der Waals surface area contributed by atoms with Crippen LogP contribution in [0.15, 0.2) is 18.2 Å². The zero-order valence-electron chi connectivity index (χ0n) is 16.3. The lowest BCUT2D eigenvalue weighted by Crippen LogP contribution is -2.45. The normalized spacial score (nSPS) is 22.2. The monoisotopic (exact) mass is 409 g/mol. The van der Waals surface area contributed by atoms with E-state index in [0.717, 1.165) is 29.4 Å². The van der Waals surface area contributed by atoms with Gasteiger partial charge in [0.05, 0.1) is 19.1 Å². The predicted octanol–water partition coefficient (Wildman–Crippen LogP) is 4.63. The molecule has 7 heteroatoms. The molecule has 1 atom stereocenters. The second-order valence-electron chi connectivity index (χ2n) is 8.51. The molecule has 4 rings (SSSR count). The van der Waals surface area contributed by atoms with E-state index in [0.29, 0.717) is 17.5 Å². The van der Waals surface area contributed by atoms with E-state index >= 15 is 0 Å². The largest absolute Gasteiger partial charge is 0.356 e. The Balaban J connectivity index is 1.61. The highest BCUT2D eigenvalue weighted by Gasteiger charge is 2.40. The Bertz CT molecular complexity index is 895. The highest BCUT2D eigenvalue weighted by Crippen LogP contribution is 2.39. The highest BCUT2D eigenvalue weighted by molar-refractivity contribution is 6.31. The van der Waals surface area contributed by atoms with Crippen molar-refractivity contribution in [3.63, 3.8) is 0 Å². The minimum Gasteiger partial charge on any atom is -0.356 e. The summed E-state index contributed by atoms with van der Waals surface area (Å²) in [6.07, 6.45) is 1.41. The number of likely N-dealkylation sites (tertiary alicyclic amines) is 1. The molecular weight excluding hydrogens is 384 g/mol. The SMILES string of the molecule is CC(C)CC1c2[nH]c3ccc(Cl)cc3c2CCN1C(=O)CN1CCC(F)(F)C1. The average molecular weight is 410 g/mol. The quantitative estimate of drug-likeness (QED) is 0.799. The first-order chi connectivity index (χ1) is 13.2. The Morgan fingerprint density at radius 1 is 1.36 bits per heavy atom. The molecule has 4 nitrogen and oxygen atoms in total. The number of rotatable bonds is 4. The van der Waals surface area contributed by atoms with Crippen molar-refractivity contribution in [2.75, 3.05) is 26.2 Å². The number of nitrogens with one attached hydrogen (secondary N) is 1. The van der Waals surface area contributed by atoms with E-state index in [1.54, 1.807) is 4.90 Å². The molecule has 1 saturated heterocycles. The third-order valence-corrected chi connectivity index (χ3v) is 6.07. The number of halogens is 3. The van der Waals surface area contributed by atoms with Crippen molar-refractivity contribution in [1.82, 2.24) is 14.8 Å². The van der Waals surface area contributed by atoms with E-state index in [4.69, 9.17) is 11.6 Å². The molecule has 1 N–H and O–H groups in total. The van der Waals surface area contributed by atoms with Gasteiger partial charge in [-0.15, -0.1) is 0 Å². The Kier molecular flexibility index (Phi) is 5.12. The van der Waals surface area contributed by atoms with Crippen LogP contribution in [0.4, 0.5) is 8.78 Å². The van der Waals surface area contributed by atoms with Gasteiger partial charge in [-0.05, 0) is 42.5 Å². The fourth-order valence-corrected chi connectivity index (χ4v) is 4.72. The van der Waals surface area contributed by atoms with Crippen molar-refractivity contribution in [1.29, 1.82) is 0 Å². The summed E-state index contributed by atoms with van der Waals surface area (Å²) in [5, 5.41) is 1.81. The molecular formula is C21H26ClF2N3O. The van der Waals surface area contributed by atoms with Crippen molar-refractivity contribution < 1.29 is 13.6 Å². The molecule has 1 unspecified atom stereocenters. The molecule has 2 aromatic rings. The minimum atomic E-state index is -2.68. The van der Waals surface area contributed by atoms with Gasteiger partial charge in [-0.2, -0.15) is 0 Å². The van der Waals surface area contributed by atoms with Crippen LogP contribution in [0.25, 0.3) is 10.9 Å². The number of carbonyl (C=O) groups excluding carboxylic acids is 1. The molecule has 1 fully saturated rings. The number of benzene rings is 1. The van der Waals surface area contributed by atoms with Gasteiger partial charge in [0.2, 0.25) is 5.91 Å². The summed E-state index contributed by atoms with van der Waals surface area (Å²) in [7, 11) is 0. The van der Waals surface area contributed by atoms with Gasteiger partial charge in [0.25, 0.3) is 5.92 Å². The molecule has 2 aliphatic heterocycles. The summed E-state index contributed by atoms with van der Waals surface area (Å²) >= 11 is 6.19. The number of amides is 1. The van der Waals surface area contributed by atoms with E-state index < -0.39 is 5.92 Å². The molecule has 2 aliphatic rings. The van der Waals surface area contributed by atoms with Crippen LogP contribution in [0.5, 0.6) is 0 Å². The van der Waals surface area contributed by atoms with Crippen molar-refractivity contribution in [3.05, 3.63) is 34.5 Å². The number of hydrogen-bond donors (Lipinski definition) is 1. The standard InChI is InChI=1S/C21H26ClF2N3O/c1-13(2)9-18-20-15(16-10-14(22)3-4-17(16)25-20)5-7-27(18)19(28)11-26-8-6-21(23,24)12-26/h3-4,10,13,18,25H,5-9,11-12H2,1-2H3. The summed E-state index contributed by atoms with van der Waals surface area (Å²) in [5.41, 5.74) is 3.31. The van der Waals surface area contributed by atoms with E-state index in [2.05, 4.69) is 18.8 Å². The lowest BCUT2D eigenvalue weighted by molar-refractivity contribution is -0.135. The van der Waals surface area contributed by atoms with Crippen molar-refractivity contribution in [2.45, 2.75) is 45.1 Å². The van der Waals surface area contributed by atoms with Gasteiger partial charge >= 0.3 is 0 Å². The first-order valence-electron chi connectivity index (χ1n) is 9.93. The predicted molar refractivity (Wildman–Crippen MR) is 107 cm³/mol. The summed E-state index contributed by atoms with van der Waals surface area (Å²) < 4.78 is 27.0. The first kappa shape index (κ1) is 19.6. The Morgan fingerprint density at radius 2 is 2.14 bits per heavy atom. The van der Waals surface area contributed by atoms with Crippen LogP contribution in [0.3, 0.4) is 0 Å². The maximum absolute atomic E-state index is 13.5. The Labute approximate surface area is 168 Å². The maximum atomic E-state index is 13.5. The number of alkyl halides is 2. The molecule has 0 bridgehead atoms. The van der Waals surface area contributed by atoms with Gasteiger partial charge in [0.1, 0.15) is 0 Å². The van der Waals surface area contributed by atoms with Gasteiger partial charge in [-0.3, -0.25) is 9.69 Å². The van der Waals surface area contributed by atoms with E-state index in [1.807, 2.05) is 23.1 Å². The Morgan fingerprint density at radius 3 is 2.82 bits per heavy atom. The first-order valence-corrected chi connectivity index (χ1v) is 10.3. The molecule has 28 heavy (non-hydrogen) atoms. The van der Waals surface area contributed by atoms with Crippen LogP contribution in [0.1, 0.15) is 44.0 Å². The number of fused-ring (bicyclic) bond motifs is 3. The summed E-state index contributed by atoms with van der Waals surface area (Å²) in [5.74, 6) is -2.34. The van der Waals surface area contributed by atoms with E-state index in [-0.39, 0.29) is 38.0 Å². The maximum Gasteiger partial charge on any atom is 0.261 e. The fraction of sp³-hybridized carbons (Fsp3) is 0.571. The molecule has 1 amide bonds. The van der Waals surface area contributed by atoms with Crippen LogP contribution < -0.4 is 0 Å². The van der Waals surface area contributed by atoms with Crippen LogP contribution in [0.2, 0.25) is 5.02 Å². The minimum absolute atomic E-state index is 0.0611. The third kappa shape index (κ3) is 3.77. The summed E-state index contributed by atoms with van der Waals surface area (Å²) in [6, 6.07) is 5.74. The molecule has 3 heterocycles.